The first-order valence-electron chi connectivity index (χ1n) is 9.13. The Labute approximate surface area is 189 Å². The molecule has 2 aliphatic heterocycles. The van der Waals surface area contributed by atoms with Crippen LogP contribution >= 0.6 is 45.2 Å². The van der Waals surface area contributed by atoms with Crippen LogP contribution in [0.4, 0.5) is 11.4 Å². The van der Waals surface area contributed by atoms with E-state index >= 15 is 0 Å². The van der Waals surface area contributed by atoms with Gasteiger partial charge in [0.1, 0.15) is 0 Å². The number of nitrogens with one attached hydrogen (secondary N) is 1. The fraction of sp³-hybridized carbons (Fsp3) is 0.409. The van der Waals surface area contributed by atoms with Gasteiger partial charge in [-0.1, -0.05) is 39.8 Å². The van der Waals surface area contributed by atoms with E-state index in [4.69, 9.17) is 0 Å². The summed E-state index contributed by atoms with van der Waals surface area (Å²) in [5.74, 6) is 0.129. The van der Waals surface area contributed by atoms with Crippen LogP contribution in [-0.2, 0) is 15.6 Å². The lowest BCUT2D eigenvalue weighted by molar-refractivity contribution is -0.116. The molecule has 0 atom stereocenters. The molecule has 4 rings (SSSR count). The van der Waals surface area contributed by atoms with Crippen molar-refractivity contribution in [3.05, 3.63) is 54.7 Å². The molecule has 0 saturated heterocycles. The van der Waals surface area contributed by atoms with Crippen LogP contribution in [0.25, 0.3) is 0 Å². The van der Waals surface area contributed by atoms with Crippen molar-refractivity contribution >= 4 is 62.5 Å². The van der Waals surface area contributed by atoms with Gasteiger partial charge in [0.05, 0.1) is 0 Å². The van der Waals surface area contributed by atoms with Crippen molar-refractivity contribution in [1.29, 1.82) is 0 Å². The van der Waals surface area contributed by atoms with E-state index in [0.29, 0.717) is 5.41 Å². The molecule has 144 valence electrons. The van der Waals surface area contributed by atoms with E-state index in [9.17, 15) is 4.79 Å². The third kappa shape index (κ3) is 4.28. The first-order chi connectivity index (χ1) is 12.5. The lowest BCUT2D eigenvalue weighted by atomic mass is 9.87. The minimum Gasteiger partial charge on any atom is -0.384 e. The van der Waals surface area contributed by atoms with Crippen molar-refractivity contribution in [2.75, 3.05) is 23.3 Å². The molecule has 0 bridgehead atoms. The van der Waals surface area contributed by atoms with Gasteiger partial charge in [-0.3, -0.25) is 4.79 Å². The van der Waals surface area contributed by atoms with Gasteiger partial charge in [0.2, 0.25) is 5.91 Å². The summed E-state index contributed by atoms with van der Waals surface area (Å²) in [5.41, 5.74) is 5.50. The van der Waals surface area contributed by atoms with Crippen LogP contribution in [0, 0.1) is 7.14 Å². The van der Waals surface area contributed by atoms with Crippen molar-refractivity contribution in [1.82, 2.24) is 0 Å². The van der Waals surface area contributed by atoms with Gasteiger partial charge in [-0.15, -0.1) is 0 Å². The maximum atomic E-state index is 11.5. The van der Waals surface area contributed by atoms with Gasteiger partial charge < -0.3 is 10.2 Å². The molecule has 0 saturated carbocycles. The van der Waals surface area contributed by atoms with Crippen LogP contribution in [0.2, 0.25) is 0 Å². The number of amides is 1. The molecule has 1 N–H and O–H groups in total. The Morgan fingerprint density at radius 3 is 2.19 bits per heavy atom. The van der Waals surface area contributed by atoms with Crippen LogP contribution in [0.15, 0.2) is 36.4 Å². The van der Waals surface area contributed by atoms with Crippen LogP contribution in [0.5, 0.6) is 0 Å². The predicted molar refractivity (Wildman–Crippen MR) is 131 cm³/mol. The number of anilines is 2. The average molecular weight is 588 g/mol. The van der Waals surface area contributed by atoms with Gasteiger partial charge in [0.15, 0.2) is 0 Å². The zero-order valence-electron chi connectivity index (χ0n) is 16.5. The molecule has 0 aromatic heterocycles. The standard InChI is InChI=1S/C12H14INO.C10H12IN/c1-8(15)14-7-12(2,3)10-5-4-9(13)6-11(10)14;1-10(2)6-12-9-5-7(11)3-4-8(9)10/h4-6H,7H2,1-3H3;3-5,12H,6H2,1-2H3. The Morgan fingerprint density at radius 1 is 0.963 bits per heavy atom. The summed E-state index contributed by atoms with van der Waals surface area (Å²) in [6.45, 7) is 12.4. The number of hydrogen-bond donors (Lipinski definition) is 1. The maximum Gasteiger partial charge on any atom is 0.223 e. The monoisotopic (exact) mass is 588 g/mol. The van der Waals surface area contributed by atoms with Crippen LogP contribution in [0.3, 0.4) is 0 Å². The Morgan fingerprint density at radius 2 is 1.56 bits per heavy atom. The molecule has 2 aliphatic rings. The van der Waals surface area contributed by atoms with Crippen molar-refractivity contribution in [2.45, 2.75) is 45.4 Å². The number of nitrogens with zero attached hydrogens (tertiary/aromatic N) is 1. The zero-order chi connectivity index (χ0) is 20.0. The molecule has 5 heteroatoms. The van der Waals surface area contributed by atoms with Crippen molar-refractivity contribution in [2.24, 2.45) is 0 Å². The van der Waals surface area contributed by atoms with Gasteiger partial charge in [-0.05, 0) is 80.6 Å². The molecular formula is C22H26I2N2O. The van der Waals surface area contributed by atoms with Crippen LogP contribution in [0.1, 0.15) is 45.7 Å². The lowest BCUT2D eigenvalue weighted by Gasteiger charge is -2.19. The van der Waals surface area contributed by atoms with E-state index in [1.54, 1.807) is 6.92 Å². The summed E-state index contributed by atoms with van der Waals surface area (Å²) in [7, 11) is 0. The SMILES string of the molecule is CC(=O)N1CC(C)(C)c2ccc(I)cc21.CC1(C)CNc2cc(I)ccc21. The van der Waals surface area contributed by atoms with E-state index in [1.165, 1.54) is 24.0 Å². The molecule has 2 heterocycles. The smallest absolute Gasteiger partial charge is 0.223 e. The normalized spacial score (nSPS) is 18.1. The highest BCUT2D eigenvalue weighted by Gasteiger charge is 2.36. The van der Waals surface area contributed by atoms with Crippen molar-refractivity contribution in [3.8, 4) is 0 Å². The number of carbonyl (C=O) groups excluding carboxylic acids is 1. The quantitative estimate of drug-likeness (QED) is 0.388. The van der Waals surface area contributed by atoms with Gasteiger partial charge in [0, 0.05) is 49.4 Å². The molecule has 2 aromatic rings. The van der Waals surface area contributed by atoms with E-state index in [0.717, 1.165) is 18.8 Å². The average Bonchev–Trinajstić information content (AvgIpc) is 3.01. The first-order valence-corrected chi connectivity index (χ1v) is 11.3. The molecule has 27 heavy (non-hydrogen) atoms. The first kappa shape index (κ1) is 20.9. The topological polar surface area (TPSA) is 32.3 Å². The highest BCUT2D eigenvalue weighted by Crippen LogP contribution is 2.41. The Bertz CT molecular complexity index is 890. The van der Waals surface area contributed by atoms with Crippen molar-refractivity contribution in [3.63, 3.8) is 0 Å². The summed E-state index contributed by atoms with van der Waals surface area (Å²) in [4.78, 5) is 13.4. The largest absolute Gasteiger partial charge is 0.384 e. The number of rotatable bonds is 0. The number of fused-ring (bicyclic) bond motifs is 2. The number of halogens is 2. The molecule has 1 amide bonds. The van der Waals surface area contributed by atoms with E-state index in [-0.39, 0.29) is 11.3 Å². The molecular weight excluding hydrogens is 562 g/mol. The Balaban J connectivity index is 0.000000159. The Hall–Kier alpha value is -0.830. The minimum atomic E-state index is 0.0747. The van der Waals surface area contributed by atoms with Gasteiger partial charge >= 0.3 is 0 Å². The third-order valence-electron chi connectivity index (χ3n) is 5.34. The van der Waals surface area contributed by atoms with Gasteiger partial charge in [-0.25, -0.2) is 0 Å². The molecule has 0 radical (unpaired) electrons. The number of benzene rings is 2. The second-order valence-corrected chi connectivity index (χ2v) is 11.1. The molecule has 2 aromatic carbocycles. The van der Waals surface area contributed by atoms with Crippen LogP contribution < -0.4 is 10.2 Å². The molecule has 3 nitrogen and oxygen atoms in total. The lowest BCUT2D eigenvalue weighted by Crippen LogP contribution is -2.31. The summed E-state index contributed by atoms with van der Waals surface area (Å²) >= 11 is 4.63. The number of hydrogen-bond acceptors (Lipinski definition) is 2. The fourth-order valence-corrected chi connectivity index (χ4v) is 4.78. The predicted octanol–water partition coefficient (Wildman–Crippen LogP) is 5.93. The van der Waals surface area contributed by atoms with Crippen molar-refractivity contribution < 1.29 is 4.79 Å². The van der Waals surface area contributed by atoms with E-state index in [2.05, 4.69) is 115 Å². The maximum absolute atomic E-state index is 11.5. The second-order valence-electron chi connectivity index (χ2n) is 8.58. The molecule has 0 fully saturated rings. The highest BCUT2D eigenvalue weighted by atomic mass is 127. The second kappa shape index (κ2) is 7.54. The van der Waals surface area contributed by atoms with Crippen LogP contribution in [-0.4, -0.2) is 19.0 Å². The molecule has 0 unspecified atom stereocenters. The molecule has 0 aliphatic carbocycles. The summed E-state index contributed by atoms with van der Waals surface area (Å²) in [6, 6.07) is 13.0. The van der Waals surface area contributed by atoms with E-state index < -0.39 is 0 Å². The number of carbonyl (C=O) groups is 1. The van der Waals surface area contributed by atoms with Gasteiger partial charge in [0.25, 0.3) is 0 Å². The molecule has 0 spiro atoms. The fourth-order valence-electron chi connectivity index (χ4n) is 3.81. The zero-order valence-corrected chi connectivity index (χ0v) is 20.8. The Kier molecular flexibility index (Phi) is 5.83. The summed E-state index contributed by atoms with van der Waals surface area (Å²) < 4.78 is 2.48. The van der Waals surface area contributed by atoms with E-state index in [1.807, 2.05) is 4.90 Å². The minimum absolute atomic E-state index is 0.0747. The summed E-state index contributed by atoms with van der Waals surface area (Å²) in [6.07, 6.45) is 0. The summed E-state index contributed by atoms with van der Waals surface area (Å²) in [5, 5.41) is 3.43. The van der Waals surface area contributed by atoms with Gasteiger partial charge in [-0.2, -0.15) is 0 Å². The highest BCUT2D eigenvalue weighted by molar-refractivity contribution is 14.1. The third-order valence-corrected chi connectivity index (χ3v) is 6.69.